The number of methoxy groups -OCH3 is 2. The van der Waals surface area contributed by atoms with Crippen LogP contribution in [0.2, 0.25) is 0 Å². The summed E-state index contributed by atoms with van der Waals surface area (Å²) in [5.74, 6) is 3.26. The maximum atomic E-state index is 6.24. The van der Waals surface area contributed by atoms with Gasteiger partial charge in [-0.05, 0) is 37.3 Å². The van der Waals surface area contributed by atoms with E-state index in [0.717, 1.165) is 49.9 Å². The molecule has 1 aliphatic carbocycles. The van der Waals surface area contributed by atoms with Gasteiger partial charge in [0.2, 0.25) is 0 Å². The number of hydrogen-bond donors (Lipinski definition) is 1. The topological polar surface area (TPSA) is 78.4 Å². The molecule has 0 atom stereocenters. The molecule has 0 fully saturated rings. The molecule has 6 rings (SSSR count). The number of anilines is 2. The highest BCUT2D eigenvalue weighted by Gasteiger charge is 2.18. The number of ether oxygens (including phenoxy) is 3. The first-order chi connectivity index (χ1) is 19.5. The second kappa shape index (κ2) is 10.7. The monoisotopic (exact) mass is 546 g/mol. The number of rotatable bonds is 7. The molecule has 3 aromatic carbocycles. The molecule has 2 heterocycles. The Morgan fingerprint density at radius 3 is 2.38 bits per heavy atom. The van der Waals surface area contributed by atoms with Crippen LogP contribution in [0.15, 0.2) is 90.7 Å². The molecule has 0 aliphatic heterocycles. The van der Waals surface area contributed by atoms with E-state index >= 15 is 0 Å². The third kappa shape index (κ3) is 4.85. The highest BCUT2D eigenvalue weighted by molar-refractivity contribution is 7.81. The Hall–Kier alpha value is -4.82. The van der Waals surface area contributed by atoms with Gasteiger partial charge in [-0.2, -0.15) is 0 Å². The predicted octanol–water partition coefficient (Wildman–Crippen LogP) is 7.83. The lowest BCUT2D eigenvalue weighted by atomic mass is 9.94. The zero-order valence-corrected chi connectivity index (χ0v) is 23.1. The average Bonchev–Trinajstić information content (AvgIpc) is 2.98. The minimum Gasteiger partial charge on any atom is -0.497 e. The molecule has 1 aliphatic rings. The number of nitrogens with one attached hydrogen (secondary N) is 1. The minimum absolute atomic E-state index is 0.626. The first kappa shape index (κ1) is 25.5. The van der Waals surface area contributed by atoms with Crippen LogP contribution >= 0.6 is 12.2 Å². The van der Waals surface area contributed by atoms with E-state index in [-0.39, 0.29) is 0 Å². The molecule has 0 amide bonds. The number of pyridine rings is 1. The molecule has 1 N–H and O–H groups in total. The fourth-order valence-electron chi connectivity index (χ4n) is 4.76. The van der Waals surface area contributed by atoms with Crippen LogP contribution in [0.25, 0.3) is 27.2 Å². The van der Waals surface area contributed by atoms with Crippen molar-refractivity contribution in [2.45, 2.75) is 13.3 Å². The number of aromatic nitrogens is 3. The summed E-state index contributed by atoms with van der Waals surface area (Å²) in [5, 5.41) is 15.3. The largest absolute Gasteiger partial charge is 0.497 e. The Balaban J connectivity index is 1.28. The molecule has 0 saturated heterocycles. The van der Waals surface area contributed by atoms with Gasteiger partial charge in [0.25, 0.3) is 0 Å². The van der Waals surface area contributed by atoms with Crippen LogP contribution in [0.3, 0.4) is 0 Å². The van der Waals surface area contributed by atoms with Crippen LogP contribution in [0.1, 0.15) is 19.0 Å². The van der Waals surface area contributed by atoms with E-state index in [1.807, 2.05) is 66.7 Å². The Morgan fingerprint density at radius 1 is 0.825 bits per heavy atom. The van der Waals surface area contributed by atoms with Crippen molar-refractivity contribution in [1.82, 2.24) is 15.2 Å². The van der Waals surface area contributed by atoms with Crippen LogP contribution in [0.4, 0.5) is 11.5 Å². The van der Waals surface area contributed by atoms with Crippen LogP contribution in [-0.4, -0.2) is 34.3 Å². The van der Waals surface area contributed by atoms with E-state index in [9.17, 15) is 0 Å². The van der Waals surface area contributed by atoms with Gasteiger partial charge in [0.05, 0.1) is 25.1 Å². The second-order valence-electron chi connectivity index (χ2n) is 9.42. The minimum atomic E-state index is 0.626. The van der Waals surface area contributed by atoms with Crippen molar-refractivity contribution < 1.29 is 14.2 Å². The van der Waals surface area contributed by atoms with Gasteiger partial charge in [0.1, 0.15) is 28.7 Å². The lowest BCUT2D eigenvalue weighted by Gasteiger charge is -2.16. The number of benzene rings is 3. The van der Waals surface area contributed by atoms with E-state index in [4.69, 9.17) is 26.4 Å². The van der Waals surface area contributed by atoms with Crippen molar-refractivity contribution in [3.05, 3.63) is 96.3 Å². The Morgan fingerprint density at radius 2 is 1.62 bits per heavy atom. The zero-order chi connectivity index (χ0) is 27.6. The van der Waals surface area contributed by atoms with Crippen LogP contribution in [-0.2, 0) is 0 Å². The third-order valence-corrected chi connectivity index (χ3v) is 7.12. The van der Waals surface area contributed by atoms with Crippen LogP contribution in [0, 0.1) is 0 Å². The van der Waals surface area contributed by atoms with Gasteiger partial charge in [-0.1, -0.05) is 54.2 Å². The molecule has 0 spiro atoms. The normalized spacial score (nSPS) is 13.1. The van der Waals surface area contributed by atoms with Gasteiger partial charge in [-0.15, -0.1) is 10.2 Å². The number of hydrogen-bond acceptors (Lipinski definition) is 8. The third-order valence-electron chi connectivity index (χ3n) is 6.76. The number of thiocarbonyl (C=S) groups is 1. The van der Waals surface area contributed by atoms with Crippen molar-refractivity contribution in [3.8, 4) is 23.0 Å². The quantitative estimate of drug-likeness (QED) is 0.207. The van der Waals surface area contributed by atoms with Crippen LogP contribution < -0.4 is 19.5 Å². The highest BCUT2D eigenvalue weighted by atomic mass is 32.1. The molecular weight excluding hydrogens is 520 g/mol. The maximum absolute atomic E-state index is 6.24. The van der Waals surface area contributed by atoms with Crippen molar-refractivity contribution in [1.29, 1.82) is 0 Å². The standard InChI is InChI=1S/C32H26N4O3S/c1-19-8-13-25(29(40)16-19)31-23-6-4-5-7-24(23)32(36-35-31)34-20-9-11-21(12-10-20)39-27-14-15-33-26-17-22(37-2)18-28(38-3)30(26)27/h4-15,17-18H,16H2,1-3H3,(H,34,36). The SMILES string of the molecule is COc1cc(OC)c2c(Oc3ccc(Nc4nnc(C5=CC=C(C)CC5=S)c5ccccc45)cc3)ccnc2c1. The molecule has 0 unspecified atom stereocenters. The van der Waals surface area contributed by atoms with E-state index in [2.05, 4.69) is 39.6 Å². The number of allylic oxidation sites excluding steroid dienone is 4. The van der Waals surface area contributed by atoms with E-state index in [1.165, 1.54) is 5.57 Å². The molecule has 5 aromatic rings. The van der Waals surface area contributed by atoms with E-state index < -0.39 is 0 Å². The summed E-state index contributed by atoms with van der Waals surface area (Å²) in [5.41, 5.74) is 4.57. The van der Waals surface area contributed by atoms with Gasteiger partial charge in [-0.25, -0.2) is 0 Å². The first-order valence-corrected chi connectivity index (χ1v) is 13.2. The smallest absolute Gasteiger partial charge is 0.161 e. The molecule has 2 aromatic heterocycles. The summed E-state index contributed by atoms with van der Waals surface area (Å²) in [4.78, 5) is 5.34. The molecule has 40 heavy (non-hydrogen) atoms. The van der Waals surface area contributed by atoms with Crippen LogP contribution in [0.5, 0.6) is 23.0 Å². The Labute approximate surface area is 237 Å². The summed E-state index contributed by atoms with van der Waals surface area (Å²) < 4.78 is 17.2. The van der Waals surface area contributed by atoms with Gasteiger partial charge in [0.15, 0.2) is 5.82 Å². The summed E-state index contributed by atoms with van der Waals surface area (Å²) >= 11 is 5.68. The molecule has 0 bridgehead atoms. The summed E-state index contributed by atoms with van der Waals surface area (Å²) in [6, 6.07) is 21.3. The summed E-state index contributed by atoms with van der Waals surface area (Å²) in [6.07, 6.45) is 6.61. The van der Waals surface area contributed by atoms with Gasteiger partial charge < -0.3 is 19.5 Å². The Bertz CT molecular complexity index is 1830. The molecular formula is C32H26N4O3S. The van der Waals surface area contributed by atoms with E-state index in [1.54, 1.807) is 20.4 Å². The van der Waals surface area contributed by atoms with Crippen molar-refractivity contribution in [3.63, 3.8) is 0 Å². The fourth-order valence-corrected chi connectivity index (χ4v) is 5.15. The van der Waals surface area contributed by atoms with Gasteiger partial charge >= 0.3 is 0 Å². The second-order valence-corrected chi connectivity index (χ2v) is 9.91. The zero-order valence-electron chi connectivity index (χ0n) is 22.3. The predicted molar refractivity (Wildman–Crippen MR) is 163 cm³/mol. The summed E-state index contributed by atoms with van der Waals surface area (Å²) in [6.45, 7) is 2.08. The Kier molecular flexibility index (Phi) is 6.84. The lowest BCUT2D eigenvalue weighted by molar-refractivity contribution is 0.396. The van der Waals surface area contributed by atoms with Crippen molar-refractivity contribution in [2.24, 2.45) is 0 Å². The molecule has 8 heteroatoms. The first-order valence-electron chi connectivity index (χ1n) is 12.8. The fraction of sp³-hybridized carbons (Fsp3) is 0.125. The number of nitrogens with zero attached hydrogens (tertiary/aromatic N) is 3. The number of fused-ring (bicyclic) bond motifs is 2. The van der Waals surface area contributed by atoms with E-state index in [0.29, 0.717) is 28.8 Å². The molecule has 0 radical (unpaired) electrons. The van der Waals surface area contributed by atoms with Crippen molar-refractivity contribution in [2.75, 3.05) is 19.5 Å². The summed E-state index contributed by atoms with van der Waals surface area (Å²) in [7, 11) is 3.23. The molecule has 0 saturated carbocycles. The highest BCUT2D eigenvalue weighted by Crippen LogP contribution is 2.39. The molecule has 7 nitrogen and oxygen atoms in total. The van der Waals surface area contributed by atoms with Gasteiger partial charge in [-0.3, -0.25) is 4.98 Å². The average molecular weight is 547 g/mol. The van der Waals surface area contributed by atoms with Gasteiger partial charge in [0, 0.05) is 51.6 Å². The van der Waals surface area contributed by atoms with Crippen molar-refractivity contribution >= 4 is 55.8 Å². The maximum Gasteiger partial charge on any atom is 0.161 e. The lowest BCUT2D eigenvalue weighted by Crippen LogP contribution is -2.08. The molecule has 198 valence electrons.